The van der Waals surface area contributed by atoms with Crippen LogP contribution in [0.1, 0.15) is 26.5 Å². The molecule has 2 aliphatic rings. The quantitative estimate of drug-likeness (QED) is 0.222. The zero-order chi connectivity index (χ0) is 22.5. The fourth-order valence-electron chi connectivity index (χ4n) is 3.66. The van der Waals surface area contributed by atoms with Crippen LogP contribution in [0, 0.1) is 0 Å². The molecule has 6 rings (SSSR count). The van der Waals surface area contributed by atoms with Crippen LogP contribution in [-0.2, 0) is 0 Å². The van der Waals surface area contributed by atoms with Crippen molar-refractivity contribution in [3.8, 4) is 23.0 Å². The lowest BCUT2D eigenvalue weighted by Crippen LogP contribution is -2.07. The third-order valence-electron chi connectivity index (χ3n) is 5.23. The second-order valence-corrected chi connectivity index (χ2v) is 7.83. The number of ether oxygens (including phenoxy) is 4. The average Bonchev–Trinajstić information content (AvgIpc) is 3.51. The normalized spacial score (nSPS) is 15.1. The Balaban J connectivity index is 1.23. The first kappa shape index (κ1) is 19.5. The molecule has 0 unspecified atom stereocenters. The van der Waals surface area contributed by atoms with Gasteiger partial charge in [0.25, 0.3) is 0 Å². The number of hydrogen-bond donors (Lipinski definition) is 0. The van der Waals surface area contributed by atoms with Crippen LogP contribution in [0.15, 0.2) is 70.8 Å². The molecule has 0 aliphatic carbocycles. The van der Waals surface area contributed by atoms with Crippen LogP contribution in [-0.4, -0.2) is 18.5 Å². The third-order valence-corrected chi connectivity index (χ3v) is 5.46. The van der Waals surface area contributed by atoms with E-state index in [9.17, 15) is 9.59 Å². The number of allylic oxidation sites excluding steroid dienone is 1. The van der Waals surface area contributed by atoms with Gasteiger partial charge in [0.15, 0.2) is 17.3 Å². The average molecular weight is 461 g/mol. The molecular weight excluding hydrogens is 448 g/mol. The lowest BCUT2D eigenvalue weighted by molar-refractivity contribution is 0.0703. The van der Waals surface area contributed by atoms with E-state index in [0.717, 1.165) is 5.56 Å². The van der Waals surface area contributed by atoms with E-state index >= 15 is 0 Å². The van der Waals surface area contributed by atoms with Crippen molar-refractivity contribution in [1.29, 1.82) is 0 Å². The van der Waals surface area contributed by atoms with Crippen molar-refractivity contribution in [1.82, 2.24) is 0 Å². The number of fused-ring (bicyclic) bond motifs is 3. The van der Waals surface area contributed by atoms with Gasteiger partial charge in [-0.2, -0.15) is 0 Å². The first-order chi connectivity index (χ1) is 16.0. The molecule has 0 spiro atoms. The lowest BCUT2D eigenvalue weighted by atomic mass is 10.1. The van der Waals surface area contributed by atoms with Crippen molar-refractivity contribution in [2.75, 3.05) is 6.79 Å². The Hall–Kier alpha value is -4.23. The summed E-state index contributed by atoms with van der Waals surface area (Å²) in [5.41, 5.74) is 1.62. The molecule has 0 atom stereocenters. The summed E-state index contributed by atoms with van der Waals surface area (Å²) in [5.74, 6) is 1.02. The summed E-state index contributed by atoms with van der Waals surface area (Å²) in [6.45, 7) is 0.166. The van der Waals surface area contributed by atoms with Gasteiger partial charge in [0.2, 0.25) is 18.3 Å². The second kappa shape index (κ2) is 7.43. The van der Waals surface area contributed by atoms with E-state index in [1.165, 1.54) is 12.1 Å². The van der Waals surface area contributed by atoms with Gasteiger partial charge in [-0.3, -0.25) is 4.79 Å². The van der Waals surface area contributed by atoms with E-state index in [4.69, 9.17) is 35.0 Å². The summed E-state index contributed by atoms with van der Waals surface area (Å²) >= 11 is 5.98. The predicted octanol–water partition coefficient (Wildman–Crippen LogP) is 5.65. The fourth-order valence-corrected chi connectivity index (χ4v) is 3.84. The summed E-state index contributed by atoms with van der Waals surface area (Å²) < 4.78 is 27.4. The zero-order valence-corrected chi connectivity index (χ0v) is 17.5. The molecule has 3 heterocycles. The molecule has 0 saturated heterocycles. The van der Waals surface area contributed by atoms with Gasteiger partial charge in [-0.1, -0.05) is 17.7 Å². The Labute approximate surface area is 191 Å². The first-order valence-electron chi connectivity index (χ1n) is 9.93. The van der Waals surface area contributed by atoms with E-state index in [2.05, 4.69) is 0 Å². The Morgan fingerprint density at radius 2 is 1.82 bits per heavy atom. The summed E-state index contributed by atoms with van der Waals surface area (Å²) in [4.78, 5) is 25.3. The number of carbonyl (C=O) groups excluding carboxylic acids is 2. The molecule has 3 aromatic carbocycles. The number of carbonyl (C=O) groups is 2. The van der Waals surface area contributed by atoms with Crippen LogP contribution < -0.4 is 18.9 Å². The minimum Gasteiger partial charge on any atom is -0.454 e. The fraction of sp³-hybridized carbons (Fsp3) is 0.0400. The van der Waals surface area contributed by atoms with Gasteiger partial charge in [0.05, 0.1) is 5.56 Å². The molecule has 33 heavy (non-hydrogen) atoms. The maximum atomic E-state index is 12.7. The highest BCUT2D eigenvalue weighted by molar-refractivity contribution is 6.31. The smallest absolute Gasteiger partial charge is 0.379 e. The largest absolute Gasteiger partial charge is 0.454 e. The number of halogens is 1. The topological polar surface area (TPSA) is 84.2 Å². The molecule has 0 radical (unpaired) electrons. The van der Waals surface area contributed by atoms with Gasteiger partial charge >= 0.3 is 5.97 Å². The lowest BCUT2D eigenvalue weighted by Gasteiger charge is -2.04. The van der Waals surface area contributed by atoms with Gasteiger partial charge in [0.1, 0.15) is 17.1 Å². The Kier molecular flexibility index (Phi) is 4.38. The number of esters is 1. The highest BCUT2D eigenvalue weighted by atomic mass is 35.5. The van der Waals surface area contributed by atoms with Gasteiger partial charge in [-0.25, -0.2) is 4.79 Å². The van der Waals surface area contributed by atoms with E-state index in [0.29, 0.717) is 38.8 Å². The SMILES string of the molecule is O=C(Oc1ccc2c(c1)O/C(=C\c1ccc3c(c1)OCO3)C2=O)c1cc2cc(Cl)ccc2o1. The van der Waals surface area contributed by atoms with Gasteiger partial charge in [-0.15, -0.1) is 0 Å². The molecule has 0 bridgehead atoms. The number of ketones is 1. The van der Waals surface area contributed by atoms with Crippen molar-refractivity contribution >= 4 is 40.4 Å². The van der Waals surface area contributed by atoms with E-state index < -0.39 is 5.97 Å². The minimum absolute atomic E-state index is 0.0353. The number of hydrogen-bond acceptors (Lipinski definition) is 7. The van der Waals surface area contributed by atoms with E-state index in [1.54, 1.807) is 54.6 Å². The number of Topliss-reactive ketones (excluding diaryl/α,β-unsaturated/α-hetero) is 1. The molecule has 8 heteroatoms. The molecule has 7 nitrogen and oxygen atoms in total. The second-order valence-electron chi connectivity index (χ2n) is 7.39. The molecule has 0 N–H and O–H groups in total. The number of furan rings is 1. The highest BCUT2D eigenvalue weighted by Gasteiger charge is 2.28. The van der Waals surface area contributed by atoms with Crippen LogP contribution in [0.2, 0.25) is 5.02 Å². The minimum atomic E-state index is -0.678. The Bertz CT molecular complexity index is 1500. The van der Waals surface area contributed by atoms with Gasteiger partial charge in [0, 0.05) is 16.5 Å². The summed E-state index contributed by atoms with van der Waals surface area (Å²) in [6, 6.07) is 16.5. The van der Waals surface area contributed by atoms with Crippen molar-refractivity contribution in [3.05, 3.63) is 88.3 Å². The molecule has 162 valence electrons. The molecule has 4 aromatic rings. The van der Waals surface area contributed by atoms with E-state index in [-0.39, 0.29) is 29.8 Å². The van der Waals surface area contributed by atoms with Crippen molar-refractivity contribution < 1.29 is 33.0 Å². The van der Waals surface area contributed by atoms with Crippen LogP contribution in [0.25, 0.3) is 17.0 Å². The van der Waals surface area contributed by atoms with Crippen LogP contribution >= 0.6 is 11.6 Å². The molecule has 2 aliphatic heterocycles. The van der Waals surface area contributed by atoms with Crippen LogP contribution in [0.3, 0.4) is 0 Å². The summed E-state index contributed by atoms with van der Waals surface area (Å²) in [5, 5.41) is 1.23. The van der Waals surface area contributed by atoms with Crippen molar-refractivity contribution in [2.24, 2.45) is 0 Å². The highest BCUT2D eigenvalue weighted by Crippen LogP contribution is 2.37. The number of benzene rings is 3. The number of rotatable bonds is 3. The molecule has 0 saturated carbocycles. The molecular formula is C25H13ClO7. The molecule has 0 amide bonds. The zero-order valence-electron chi connectivity index (χ0n) is 16.8. The van der Waals surface area contributed by atoms with Gasteiger partial charge in [-0.05, 0) is 60.2 Å². The monoisotopic (exact) mass is 460 g/mol. The predicted molar refractivity (Wildman–Crippen MR) is 118 cm³/mol. The van der Waals surface area contributed by atoms with Crippen molar-refractivity contribution in [3.63, 3.8) is 0 Å². The first-order valence-corrected chi connectivity index (χ1v) is 10.3. The third kappa shape index (κ3) is 3.48. The molecule has 0 fully saturated rings. The van der Waals surface area contributed by atoms with Crippen molar-refractivity contribution in [2.45, 2.75) is 0 Å². The van der Waals surface area contributed by atoms with Crippen LogP contribution in [0.4, 0.5) is 0 Å². The van der Waals surface area contributed by atoms with E-state index in [1.807, 2.05) is 0 Å². The van der Waals surface area contributed by atoms with Crippen LogP contribution in [0.5, 0.6) is 23.0 Å². The summed E-state index contributed by atoms with van der Waals surface area (Å²) in [7, 11) is 0. The molecule has 1 aromatic heterocycles. The standard InChI is InChI=1S/C25H13ClO7/c26-15-2-6-18-14(9-15)10-23(32-18)25(28)31-16-3-4-17-20(11-16)33-22(24(17)27)8-13-1-5-19-21(7-13)30-12-29-19/h1-11H,12H2/b22-8-. The maximum absolute atomic E-state index is 12.7. The Morgan fingerprint density at radius 1 is 0.939 bits per heavy atom. The maximum Gasteiger partial charge on any atom is 0.379 e. The van der Waals surface area contributed by atoms with Gasteiger partial charge < -0.3 is 23.4 Å². The summed E-state index contributed by atoms with van der Waals surface area (Å²) in [6.07, 6.45) is 1.62. The Morgan fingerprint density at radius 3 is 2.73 bits per heavy atom.